The monoisotopic (exact) mass is 823 g/mol. The van der Waals surface area contributed by atoms with Gasteiger partial charge in [-0.15, -0.1) is 0 Å². The van der Waals surface area contributed by atoms with Crippen LogP contribution < -0.4 is 0 Å². The van der Waals surface area contributed by atoms with Crippen molar-refractivity contribution in [3.05, 3.63) is 37.1 Å². The molecule has 3 unspecified atom stereocenters. The Kier molecular flexibility index (Phi) is 13.1. The molecule has 326 valence electrons. The average Bonchev–Trinajstić information content (AvgIpc) is 3.78. The van der Waals surface area contributed by atoms with E-state index < -0.39 is 88.8 Å². The molecule has 4 aliphatic heterocycles. The standard InChI is InChI=1S/C44H65N5O10/c1-12-33-42(7)37-27(4)34(50)25(2)20-44(23-49(37)41(54)59-42,16-14-18-48-22-31(46-24-48)30-15-13-17-45-21-30)43(8,55-11)38(28(5)35(51)29(6)39(53)57-33)58-40-36(52)32(47(9)10)19-26(3)56-40/h13,15,17,21-22,24-29,32-33,36-38,40,52H,12,14,16,18-20,23H2,1-11H3/t25-,26-,27+,28+,29-,32+,33?,36-,37-,38-,40?,42-,43+,44?/m1/s1. The zero-order valence-corrected chi connectivity index (χ0v) is 36.6. The number of carbonyl (C=O) groups is 4. The fourth-order valence-corrected chi connectivity index (χ4v) is 10.8. The Hall–Kier alpha value is -3.76. The molecule has 4 fully saturated rings. The van der Waals surface area contributed by atoms with Crippen molar-refractivity contribution < 1.29 is 48.0 Å². The van der Waals surface area contributed by atoms with Gasteiger partial charge in [0.2, 0.25) is 0 Å². The Labute approximate surface area is 348 Å². The van der Waals surface area contributed by atoms with Crippen molar-refractivity contribution in [3.63, 3.8) is 0 Å². The van der Waals surface area contributed by atoms with Crippen LogP contribution in [0.25, 0.3) is 11.3 Å². The van der Waals surface area contributed by atoms with E-state index in [1.54, 1.807) is 44.6 Å². The van der Waals surface area contributed by atoms with Crippen molar-refractivity contribution in [2.45, 2.75) is 148 Å². The third-order valence-corrected chi connectivity index (χ3v) is 14.2. The largest absolute Gasteiger partial charge is 0.458 e. The Morgan fingerprint density at radius 2 is 1.78 bits per heavy atom. The van der Waals surface area contributed by atoms with Crippen LogP contribution in [0.5, 0.6) is 0 Å². The highest BCUT2D eigenvalue weighted by Crippen LogP contribution is 2.54. The number of fused-ring (bicyclic) bond motifs is 1. The predicted molar refractivity (Wildman–Crippen MR) is 217 cm³/mol. The van der Waals surface area contributed by atoms with E-state index in [0.717, 1.165) is 11.3 Å². The number of imidazole rings is 1. The molecule has 0 aliphatic carbocycles. The quantitative estimate of drug-likeness (QED) is 0.253. The van der Waals surface area contributed by atoms with Gasteiger partial charge in [-0.1, -0.05) is 27.7 Å². The summed E-state index contributed by atoms with van der Waals surface area (Å²) in [4.78, 5) is 70.4. The van der Waals surface area contributed by atoms with Crippen LogP contribution in [0, 0.1) is 29.1 Å². The maximum absolute atomic E-state index is 14.7. The second-order valence-electron chi connectivity index (χ2n) is 18.2. The molecule has 0 saturated carbocycles. The lowest BCUT2D eigenvalue weighted by Crippen LogP contribution is -2.68. The highest BCUT2D eigenvalue weighted by Gasteiger charge is 2.66. The zero-order valence-electron chi connectivity index (χ0n) is 36.6. The van der Waals surface area contributed by atoms with Crippen LogP contribution in [0.3, 0.4) is 0 Å². The molecule has 59 heavy (non-hydrogen) atoms. The summed E-state index contributed by atoms with van der Waals surface area (Å²) in [5.74, 6) is -4.73. The number of aryl methyl sites for hydroxylation is 1. The van der Waals surface area contributed by atoms with Gasteiger partial charge in [-0.25, -0.2) is 9.78 Å². The van der Waals surface area contributed by atoms with E-state index in [-0.39, 0.29) is 37.3 Å². The Morgan fingerprint density at radius 1 is 1.05 bits per heavy atom. The number of likely N-dealkylation sites (N-methyl/N-ethyl adjacent to an activating group) is 1. The molecular formula is C44H65N5O10. The van der Waals surface area contributed by atoms with Gasteiger partial charge < -0.3 is 38.3 Å². The minimum Gasteiger partial charge on any atom is -0.458 e. The van der Waals surface area contributed by atoms with Gasteiger partial charge in [-0.05, 0) is 86.0 Å². The molecule has 15 nitrogen and oxygen atoms in total. The number of ether oxygens (including phenoxy) is 5. The average molecular weight is 824 g/mol. The maximum Gasteiger partial charge on any atom is 0.410 e. The number of carbonyl (C=O) groups excluding carboxylic acids is 4. The molecule has 6 heterocycles. The molecule has 14 atom stereocenters. The van der Waals surface area contributed by atoms with Crippen molar-refractivity contribution in [2.24, 2.45) is 29.1 Å². The molecule has 4 saturated heterocycles. The number of ketones is 2. The number of rotatable bonds is 10. The highest BCUT2D eigenvalue weighted by molar-refractivity contribution is 6.00. The van der Waals surface area contributed by atoms with Gasteiger partial charge in [0.25, 0.3) is 0 Å². The van der Waals surface area contributed by atoms with E-state index in [1.165, 1.54) is 6.92 Å². The lowest BCUT2D eigenvalue weighted by molar-refractivity contribution is -0.309. The van der Waals surface area contributed by atoms with Gasteiger partial charge in [0, 0.05) is 73.6 Å². The van der Waals surface area contributed by atoms with E-state index in [2.05, 4.69) is 9.97 Å². The summed E-state index contributed by atoms with van der Waals surface area (Å²) in [5, 5.41) is 11.8. The van der Waals surface area contributed by atoms with Crippen LogP contribution in [0.1, 0.15) is 87.5 Å². The summed E-state index contributed by atoms with van der Waals surface area (Å²) in [6, 6.07) is 2.67. The minimum atomic E-state index is -1.45. The Morgan fingerprint density at radius 3 is 2.42 bits per heavy atom. The first-order valence-corrected chi connectivity index (χ1v) is 21.2. The number of cyclic esters (lactones) is 1. The van der Waals surface area contributed by atoms with Crippen LogP contribution in [0.2, 0.25) is 0 Å². The topological polar surface area (TPSA) is 172 Å². The first-order valence-electron chi connectivity index (χ1n) is 21.2. The van der Waals surface area contributed by atoms with Gasteiger partial charge in [-0.3, -0.25) is 24.3 Å². The highest BCUT2D eigenvalue weighted by atomic mass is 16.7. The number of nitrogens with zero attached hydrogens (tertiary/aromatic N) is 5. The normalized spacial score (nSPS) is 39.5. The zero-order chi connectivity index (χ0) is 43.2. The van der Waals surface area contributed by atoms with Crippen LogP contribution >= 0.6 is 0 Å². The number of aliphatic hydroxyl groups is 1. The van der Waals surface area contributed by atoms with Crippen molar-refractivity contribution in [1.29, 1.82) is 0 Å². The van der Waals surface area contributed by atoms with Crippen molar-refractivity contribution in [1.82, 2.24) is 24.3 Å². The van der Waals surface area contributed by atoms with E-state index in [9.17, 15) is 24.3 Å². The first-order chi connectivity index (χ1) is 27.8. The number of aromatic nitrogens is 3. The van der Waals surface area contributed by atoms with Crippen LogP contribution in [-0.4, -0.2) is 135 Å². The molecule has 4 bridgehead atoms. The summed E-state index contributed by atoms with van der Waals surface area (Å²) >= 11 is 0. The van der Waals surface area contributed by atoms with Crippen molar-refractivity contribution in [2.75, 3.05) is 27.7 Å². The summed E-state index contributed by atoms with van der Waals surface area (Å²) < 4.78 is 34.5. The number of Topliss-reactive ketones (excluding diaryl/α,β-unsaturated/α-hetero) is 2. The van der Waals surface area contributed by atoms with Crippen LogP contribution in [-0.2, 0) is 44.6 Å². The van der Waals surface area contributed by atoms with Gasteiger partial charge >= 0.3 is 12.1 Å². The van der Waals surface area contributed by atoms with Crippen molar-refractivity contribution >= 4 is 23.6 Å². The number of hydrogen-bond acceptors (Lipinski definition) is 13. The summed E-state index contributed by atoms with van der Waals surface area (Å²) in [5.41, 5.74) is -2.29. The van der Waals surface area contributed by atoms with Gasteiger partial charge in [0.05, 0.1) is 35.9 Å². The first kappa shape index (κ1) is 44.8. The lowest BCUT2D eigenvalue weighted by Gasteiger charge is -2.57. The molecule has 6 rings (SSSR count). The fraction of sp³-hybridized carbons (Fsp3) is 0.727. The second-order valence-corrected chi connectivity index (χ2v) is 18.2. The predicted octanol–water partition coefficient (Wildman–Crippen LogP) is 4.93. The Balaban J connectivity index is 1.53. The third kappa shape index (κ3) is 8.09. The minimum absolute atomic E-state index is 0.0672. The van der Waals surface area contributed by atoms with Crippen molar-refractivity contribution in [3.8, 4) is 11.3 Å². The number of hydrogen-bond donors (Lipinski definition) is 1. The number of methoxy groups -OCH3 is 1. The molecule has 0 radical (unpaired) electrons. The number of pyridine rings is 1. The van der Waals surface area contributed by atoms with E-state index in [4.69, 9.17) is 23.7 Å². The van der Waals surface area contributed by atoms with Crippen LogP contribution in [0.4, 0.5) is 4.79 Å². The number of amides is 1. The lowest BCUT2D eigenvalue weighted by atomic mass is 9.58. The Bertz CT molecular complexity index is 1840. The number of aliphatic hydroxyl groups excluding tert-OH is 1. The third-order valence-electron chi connectivity index (χ3n) is 14.2. The van der Waals surface area contributed by atoms with Crippen LogP contribution in [0.15, 0.2) is 37.1 Å². The SMILES string of the molecule is CCC1OC(=O)[C@H](C)C(=O)[C@H](C)[C@@H](OC2O[C@H](C)C[C@H](N(C)C)[C@H]2O)[C@](C)(OC)C2(CCCn3cnc(-c4cccnc4)c3)C[C@@H](C)C(=O)[C@H](C)[C@H]3N(C2)C(=O)O[C@]13C. The maximum atomic E-state index is 14.7. The van der Waals surface area contributed by atoms with E-state index >= 15 is 0 Å². The van der Waals surface area contributed by atoms with Gasteiger partial charge in [0.1, 0.15) is 23.9 Å². The molecule has 2 aromatic rings. The summed E-state index contributed by atoms with van der Waals surface area (Å²) in [6.07, 6.45) is 3.93. The summed E-state index contributed by atoms with van der Waals surface area (Å²) in [7, 11) is 5.31. The van der Waals surface area contributed by atoms with Gasteiger partial charge in [0.15, 0.2) is 17.7 Å². The van der Waals surface area contributed by atoms with Gasteiger partial charge in [-0.2, -0.15) is 0 Å². The molecule has 2 aromatic heterocycles. The molecule has 0 spiro atoms. The molecule has 4 aliphatic rings. The molecule has 0 aromatic carbocycles. The molecule has 1 N–H and O–H groups in total. The molecule has 1 amide bonds. The summed E-state index contributed by atoms with van der Waals surface area (Å²) in [6.45, 7) is 14.9. The number of esters is 1. The molecular weight excluding hydrogens is 759 g/mol. The fourth-order valence-electron chi connectivity index (χ4n) is 10.8. The smallest absolute Gasteiger partial charge is 0.410 e. The van der Waals surface area contributed by atoms with E-state index in [1.807, 2.05) is 76.5 Å². The molecule has 15 heteroatoms. The van der Waals surface area contributed by atoms with E-state index in [0.29, 0.717) is 25.8 Å². The second kappa shape index (κ2) is 17.3.